The van der Waals surface area contributed by atoms with Crippen molar-refractivity contribution in [2.45, 2.75) is 39.0 Å². The summed E-state index contributed by atoms with van der Waals surface area (Å²) in [6.45, 7) is 3.05. The highest BCUT2D eigenvalue weighted by Crippen LogP contribution is 2.30. The van der Waals surface area contributed by atoms with Crippen LogP contribution in [0.2, 0.25) is 0 Å². The molecule has 4 N–H and O–H groups in total. The van der Waals surface area contributed by atoms with Crippen LogP contribution in [0, 0.1) is 11.8 Å². The fourth-order valence-corrected chi connectivity index (χ4v) is 2.92. The highest BCUT2D eigenvalue weighted by molar-refractivity contribution is 5.92. The number of anilines is 1. The number of hydrogen-bond acceptors (Lipinski definition) is 4. The van der Waals surface area contributed by atoms with Crippen LogP contribution in [-0.2, 0) is 0 Å². The molecule has 0 bridgehead atoms. The molecule has 2 rings (SSSR count). The average molecular weight is 276 g/mol. The SMILES string of the molecule is CC1CCCC(CCNC(=O)c2ccc(NN)cn2)C1. The van der Waals surface area contributed by atoms with Gasteiger partial charge in [-0.3, -0.25) is 10.6 Å². The van der Waals surface area contributed by atoms with Gasteiger partial charge in [0.15, 0.2) is 0 Å². The van der Waals surface area contributed by atoms with Crippen LogP contribution in [0.4, 0.5) is 5.69 Å². The zero-order valence-corrected chi connectivity index (χ0v) is 12.1. The summed E-state index contributed by atoms with van der Waals surface area (Å²) >= 11 is 0. The fraction of sp³-hybridized carbons (Fsp3) is 0.600. The molecule has 5 heteroatoms. The number of hydrogen-bond donors (Lipinski definition) is 3. The summed E-state index contributed by atoms with van der Waals surface area (Å²) in [5.41, 5.74) is 3.61. The molecule has 110 valence electrons. The summed E-state index contributed by atoms with van der Waals surface area (Å²) < 4.78 is 0. The minimum Gasteiger partial charge on any atom is -0.351 e. The van der Waals surface area contributed by atoms with Crippen LogP contribution in [0.5, 0.6) is 0 Å². The van der Waals surface area contributed by atoms with Crippen molar-refractivity contribution in [1.29, 1.82) is 0 Å². The first-order chi connectivity index (χ1) is 9.69. The first-order valence-corrected chi connectivity index (χ1v) is 7.40. The fourth-order valence-electron chi connectivity index (χ4n) is 2.92. The molecule has 2 unspecified atom stereocenters. The Balaban J connectivity index is 1.74. The van der Waals surface area contributed by atoms with Gasteiger partial charge in [0.1, 0.15) is 5.69 Å². The molecule has 1 aliphatic rings. The van der Waals surface area contributed by atoms with E-state index < -0.39 is 0 Å². The van der Waals surface area contributed by atoms with E-state index in [1.807, 2.05) is 0 Å². The number of pyridine rings is 1. The number of nitrogens with two attached hydrogens (primary N) is 1. The number of nitrogens with zero attached hydrogens (tertiary/aromatic N) is 1. The average Bonchev–Trinajstić information content (AvgIpc) is 2.47. The highest BCUT2D eigenvalue weighted by Gasteiger charge is 2.18. The van der Waals surface area contributed by atoms with Crippen molar-refractivity contribution >= 4 is 11.6 Å². The van der Waals surface area contributed by atoms with Gasteiger partial charge in [0.25, 0.3) is 5.91 Å². The normalized spacial score (nSPS) is 22.3. The number of carbonyl (C=O) groups is 1. The van der Waals surface area contributed by atoms with Crippen LogP contribution in [0.25, 0.3) is 0 Å². The summed E-state index contributed by atoms with van der Waals surface area (Å²) in [6.07, 6.45) is 7.90. The van der Waals surface area contributed by atoms with Crippen LogP contribution in [0.1, 0.15) is 49.5 Å². The van der Waals surface area contributed by atoms with Gasteiger partial charge in [-0.15, -0.1) is 0 Å². The lowest BCUT2D eigenvalue weighted by molar-refractivity contribution is 0.0944. The third-order valence-corrected chi connectivity index (χ3v) is 4.05. The number of hydrazine groups is 1. The van der Waals surface area contributed by atoms with E-state index in [9.17, 15) is 4.79 Å². The predicted octanol–water partition coefficient (Wildman–Crippen LogP) is 2.31. The van der Waals surface area contributed by atoms with E-state index in [1.54, 1.807) is 18.3 Å². The topological polar surface area (TPSA) is 80.0 Å². The van der Waals surface area contributed by atoms with Gasteiger partial charge < -0.3 is 10.7 Å². The first kappa shape index (κ1) is 14.8. The molecular formula is C15H24N4O. The molecule has 0 radical (unpaired) electrons. The second kappa shape index (κ2) is 7.24. The van der Waals surface area contributed by atoms with Gasteiger partial charge in [-0.1, -0.05) is 26.2 Å². The summed E-state index contributed by atoms with van der Waals surface area (Å²) in [4.78, 5) is 16.0. The lowest BCUT2D eigenvalue weighted by atomic mass is 9.81. The maximum Gasteiger partial charge on any atom is 0.269 e. The van der Waals surface area contributed by atoms with Gasteiger partial charge in [0.05, 0.1) is 11.9 Å². The van der Waals surface area contributed by atoms with Crippen molar-refractivity contribution in [2.24, 2.45) is 17.7 Å². The van der Waals surface area contributed by atoms with E-state index in [1.165, 1.54) is 25.7 Å². The van der Waals surface area contributed by atoms with E-state index in [2.05, 4.69) is 22.7 Å². The number of nitrogen functional groups attached to an aromatic ring is 1. The molecule has 1 saturated carbocycles. The number of rotatable bonds is 5. The summed E-state index contributed by atoms with van der Waals surface area (Å²) in [5, 5.41) is 2.95. The molecule has 5 nitrogen and oxygen atoms in total. The third-order valence-electron chi connectivity index (χ3n) is 4.05. The number of nitrogens with one attached hydrogen (secondary N) is 2. The Morgan fingerprint density at radius 1 is 1.45 bits per heavy atom. The Morgan fingerprint density at radius 2 is 2.30 bits per heavy atom. The van der Waals surface area contributed by atoms with Gasteiger partial charge in [0.2, 0.25) is 0 Å². The standard InChI is InChI=1S/C15H24N4O/c1-11-3-2-4-12(9-11)7-8-17-15(20)14-6-5-13(19-16)10-18-14/h5-6,10-12,19H,2-4,7-9,16H2,1H3,(H,17,20). The lowest BCUT2D eigenvalue weighted by Gasteiger charge is -2.26. The third kappa shape index (κ3) is 4.20. The molecule has 1 fully saturated rings. The van der Waals surface area contributed by atoms with Crippen LogP contribution < -0.4 is 16.6 Å². The summed E-state index contributed by atoms with van der Waals surface area (Å²) in [5.74, 6) is 6.74. The summed E-state index contributed by atoms with van der Waals surface area (Å²) in [7, 11) is 0. The maximum atomic E-state index is 11.9. The minimum absolute atomic E-state index is 0.113. The lowest BCUT2D eigenvalue weighted by Crippen LogP contribution is -2.27. The molecule has 0 aliphatic heterocycles. The van der Waals surface area contributed by atoms with Crippen LogP contribution in [0.15, 0.2) is 18.3 Å². The molecule has 1 heterocycles. The quantitative estimate of drug-likeness (QED) is 0.569. The van der Waals surface area contributed by atoms with Crippen molar-refractivity contribution in [3.63, 3.8) is 0 Å². The van der Waals surface area contributed by atoms with Crippen molar-refractivity contribution in [2.75, 3.05) is 12.0 Å². The zero-order chi connectivity index (χ0) is 14.4. The van der Waals surface area contributed by atoms with E-state index in [0.717, 1.165) is 24.8 Å². The van der Waals surface area contributed by atoms with E-state index >= 15 is 0 Å². The minimum atomic E-state index is -0.113. The van der Waals surface area contributed by atoms with Crippen LogP contribution in [0.3, 0.4) is 0 Å². The van der Waals surface area contributed by atoms with Crippen LogP contribution >= 0.6 is 0 Å². The van der Waals surface area contributed by atoms with Gasteiger partial charge in [-0.25, -0.2) is 4.98 Å². The number of aromatic nitrogens is 1. The Labute approximate surface area is 120 Å². The summed E-state index contributed by atoms with van der Waals surface area (Å²) in [6, 6.07) is 3.41. The molecule has 0 saturated heterocycles. The molecule has 1 aromatic heterocycles. The van der Waals surface area contributed by atoms with Crippen molar-refractivity contribution < 1.29 is 4.79 Å². The molecule has 0 spiro atoms. The van der Waals surface area contributed by atoms with Gasteiger partial charge in [-0.2, -0.15) is 0 Å². The Morgan fingerprint density at radius 3 is 2.95 bits per heavy atom. The molecule has 20 heavy (non-hydrogen) atoms. The monoisotopic (exact) mass is 276 g/mol. The first-order valence-electron chi connectivity index (χ1n) is 7.40. The van der Waals surface area contributed by atoms with E-state index in [0.29, 0.717) is 11.4 Å². The Hall–Kier alpha value is -1.62. The Kier molecular flexibility index (Phi) is 5.35. The molecule has 1 amide bonds. The van der Waals surface area contributed by atoms with E-state index in [-0.39, 0.29) is 5.91 Å². The van der Waals surface area contributed by atoms with Gasteiger partial charge >= 0.3 is 0 Å². The molecule has 2 atom stereocenters. The predicted molar refractivity (Wildman–Crippen MR) is 80.1 cm³/mol. The smallest absolute Gasteiger partial charge is 0.269 e. The molecule has 0 aromatic carbocycles. The largest absolute Gasteiger partial charge is 0.351 e. The van der Waals surface area contributed by atoms with Crippen molar-refractivity contribution in [1.82, 2.24) is 10.3 Å². The molecule has 1 aromatic rings. The molecular weight excluding hydrogens is 252 g/mol. The van der Waals surface area contributed by atoms with Crippen molar-refractivity contribution in [3.05, 3.63) is 24.0 Å². The second-order valence-electron chi connectivity index (χ2n) is 5.76. The van der Waals surface area contributed by atoms with E-state index in [4.69, 9.17) is 5.84 Å². The van der Waals surface area contributed by atoms with Gasteiger partial charge in [0, 0.05) is 6.54 Å². The zero-order valence-electron chi connectivity index (χ0n) is 12.1. The second-order valence-corrected chi connectivity index (χ2v) is 5.76. The molecule has 1 aliphatic carbocycles. The van der Waals surface area contributed by atoms with Crippen molar-refractivity contribution in [3.8, 4) is 0 Å². The van der Waals surface area contributed by atoms with Gasteiger partial charge in [-0.05, 0) is 36.8 Å². The Bertz CT molecular complexity index is 432. The van der Waals surface area contributed by atoms with Crippen LogP contribution in [-0.4, -0.2) is 17.4 Å². The number of amides is 1. The number of carbonyl (C=O) groups excluding carboxylic acids is 1. The maximum absolute atomic E-state index is 11.9. The highest BCUT2D eigenvalue weighted by atomic mass is 16.1.